The minimum Gasteiger partial charge on any atom is -0.434 e. The average molecular weight is 154 g/mol. The van der Waals surface area contributed by atoms with Gasteiger partial charge in [-0.3, -0.25) is 4.79 Å². The first-order valence-corrected chi connectivity index (χ1v) is 3.99. The lowest BCUT2D eigenvalue weighted by atomic mass is 9.90. The fourth-order valence-corrected chi connectivity index (χ4v) is 1.09. The second-order valence-corrected chi connectivity index (χ2v) is 3.39. The van der Waals surface area contributed by atoms with Gasteiger partial charge in [0.1, 0.15) is 0 Å². The second-order valence-electron chi connectivity index (χ2n) is 3.39. The summed E-state index contributed by atoms with van der Waals surface area (Å²) in [5.74, 6) is 0.921. The van der Waals surface area contributed by atoms with E-state index in [1.54, 1.807) is 6.26 Å². The van der Waals surface area contributed by atoms with Crippen LogP contribution in [-0.4, -0.2) is 5.97 Å². The van der Waals surface area contributed by atoms with Gasteiger partial charge in [-0.1, -0.05) is 20.8 Å². The predicted octanol–water partition coefficient (Wildman–Crippen LogP) is 2.11. The normalized spacial score (nSPS) is 20.0. The molecule has 0 aromatic rings. The maximum atomic E-state index is 10.7. The summed E-state index contributed by atoms with van der Waals surface area (Å²) in [6.45, 7) is 6.42. The summed E-state index contributed by atoms with van der Waals surface area (Å²) < 4.78 is 4.74. The molecule has 2 nitrogen and oxygen atoms in total. The first-order valence-electron chi connectivity index (χ1n) is 3.99. The molecule has 1 aliphatic heterocycles. The smallest absolute Gasteiger partial charge is 0.314 e. The molecule has 0 amide bonds. The Labute approximate surface area is 67.2 Å². The zero-order valence-electron chi connectivity index (χ0n) is 7.26. The molecule has 0 aromatic heterocycles. The lowest BCUT2D eigenvalue weighted by Crippen LogP contribution is -2.06. The van der Waals surface area contributed by atoms with Crippen LogP contribution in [0.25, 0.3) is 0 Å². The Bertz CT molecular complexity index is 192. The summed E-state index contributed by atoms with van der Waals surface area (Å²) in [5.41, 5.74) is 1.13. The number of carbonyl (C=O) groups excluding carboxylic acids is 1. The first-order chi connectivity index (χ1) is 5.11. The molecule has 0 bridgehead atoms. The second kappa shape index (κ2) is 3.07. The van der Waals surface area contributed by atoms with Crippen LogP contribution in [0.15, 0.2) is 11.8 Å². The van der Waals surface area contributed by atoms with Crippen LogP contribution < -0.4 is 0 Å². The van der Waals surface area contributed by atoms with Crippen LogP contribution in [0.4, 0.5) is 0 Å². The third-order valence-corrected chi connectivity index (χ3v) is 2.28. The van der Waals surface area contributed by atoms with Gasteiger partial charge in [-0.15, -0.1) is 0 Å². The van der Waals surface area contributed by atoms with Gasteiger partial charge in [0.2, 0.25) is 0 Å². The number of ether oxygens (including phenoxy) is 1. The molecule has 1 atom stereocenters. The quantitative estimate of drug-likeness (QED) is 0.569. The van der Waals surface area contributed by atoms with Crippen LogP contribution in [0, 0.1) is 11.8 Å². The summed E-state index contributed by atoms with van der Waals surface area (Å²) >= 11 is 0. The lowest BCUT2D eigenvalue weighted by molar-refractivity contribution is -0.135. The fourth-order valence-electron chi connectivity index (χ4n) is 1.09. The van der Waals surface area contributed by atoms with Gasteiger partial charge in [0.05, 0.1) is 12.7 Å². The molecule has 0 aliphatic carbocycles. The van der Waals surface area contributed by atoms with Crippen molar-refractivity contribution in [1.29, 1.82) is 0 Å². The van der Waals surface area contributed by atoms with Gasteiger partial charge in [-0.05, 0) is 17.4 Å². The highest BCUT2D eigenvalue weighted by atomic mass is 16.5. The van der Waals surface area contributed by atoms with Gasteiger partial charge >= 0.3 is 5.97 Å². The summed E-state index contributed by atoms with van der Waals surface area (Å²) in [4.78, 5) is 10.7. The Morgan fingerprint density at radius 3 is 2.45 bits per heavy atom. The van der Waals surface area contributed by atoms with Crippen molar-refractivity contribution in [3.05, 3.63) is 11.8 Å². The van der Waals surface area contributed by atoms with Crippen molar-refractivity contribution in [3.63, 3.8) is 0 Å². The van der Waals surface area contributed by atoms with Crippen LogP contribution in [0.1, 0.15) is 27.2 Å². The van der Waals surface area contributed by atoms with E-state index in [9.17, 15) is 4.79 Å². The Morgan fingerprint density at radius 1 is 1.45 bits per heavy atom. The number of carbonyl (C=O) groups is 1. The molecule has 0 N–H and O–H groups in total. The average Bonchev–Trinajstić information content (AvgIpc) is 2.34. The van der Waals surface area contributed by atoms with E-state index in [4.69, 9.17) is 4.74 Å². The van der Waals surface area contributed by atoms with Crippen molar-refractivity contribution in [2.75, 3.05) is 0 Å². The summed E-state index contributed by atoms with van der Waals surface area (Å²) in [7, 11) is 0. The standard InChI is InChI=1S/C9H14O2/c1-6(2)7(3)8-4-9(10)11-5-8/h5-7H,4H2,1-3H3/t7-/m1/s1. The third kappa shape index (κ3) is 1.82. The third-order valence-electron chi connectivity index (χ3n) is 2.28. The fraction of sp³-hybridized carbons (Fsp3) is 0.667. The molecule has 62 valence electrons. The molecule has 2 heteroatoms. The number of rotatable bonds is 2. The molecule has 11 heavy (non-hydrogen) atoms. The van der Waals surface area contributed by atoms with Crippen LogP contribution in [0.5, 0.6) is 0 Å². The molecular weight excluding hydrogens is 140 g/mol. The Hall–Kier alpha value is -0.790. The molecule has 1 rings (SSSR count). The van der Waals surface area contributed by atoms with E-state index >= 15 is 0 Å². The van der Waals surface area contributed by atoms with E-state index in [1.165, 1.54) is 0 Å². The zero-order valence-corrected chi connectivity index (χ0v) is 7.26. The predicted molar refractivity (Wildman–Crippen MR) is 42.8 cm³/mol. The Kier molecular flexibility index (Phi) is 2.32. The van der Waals surface area contributed by atoms with E-state index in [2.05, 4.69) is 20.8 Å². The summed E-state index contributed by atoms with van der Waals surface area (Å²) in [5, 5.41) is 0. The van der Waals surface area contributed by atoms with Crippen molar-refractivity contribution in [2.45, 2.75) is 27.2 Å². The van der Waals surface area contributed by atoms with Crippen molar-refractivity contribution in [1.82, 2.24) is 0 Å². The maximum Gasteiger partial charge on any atom is 0.314 e. The van der Waals surface area contributed by atoms with Crippen LogP contribution >= 0.6 is 0 Å². The summed E-state index contributed by atoms with van der Waals surface area (Å²) in [6, 6.07) is 0. The maximum absolute atomic E-state index is 10.7. The molecule has 0 unspecified atom stereocenters. The number of cyclic esters (lactones) is 1. The minimum absolute atomic E-state index is 0.118. The Balaban J connectivity index is 2.55. The largest absolute Gasteiger partial charge is 0.434 e. The van der Waals surface area contributed by atoms with Gasteiger partial charge in [-0.25, -0.2) is 0 Å². The molecule has 0 saturated heterocycles. The first kappa shape index (κ1) is 8.31. The van der Waals surface area contributed by atoms with E-state index in [-0.39, 0.29) is 5.97 Å². The number of hydrogen-bond acceptors (Lipinski definition) is 2. The van der Waals surface area contributed by atoms with Gasteiger partial charge in [0, 0.05) is 0 Å². The SMILES string of the molecule is CC(C)[C@@H](C)C1=COC(=O)C1. The van der Waals surface area contributed by atoms with Crippen molar-refractivity contribution >= 4 is 5.97 Å². The van der Waals surface area contributed by atoms with E-state index < -0.39 is 0 Å². The monoisotopic (exact) mass is 154 g/mol. The van der Waals surface area contributed by atoms with Gasteiger partial charge in [0.25, 0.3) is 0 Å². The molecule has 1 aliphatic rings. The van der Waals surface area contributed by atoms with Crippen LogP contribution in [0.2, 0.25) is 0 Å². The Morgan fingerprint density at radius 2 is 2.09 bits per heavy atom. The van der Waals surface area contributed by atoms with E-state index in [0.717, 1.165) is 5.57 Å². The molecular formula is C9H14O2. The minimum atomic E-state index is -0.118. The van der Waals surface area contributed by atoms with Crippen molar-refractivity contribution < 1.29 is 9.53 Å². The topological polar surface area (TPSA) is 26.3 Å². The highest BCUT2D eigenvalue weighted by Gasteiger charge is 2.21. The highest BCUT2D eigenvalue weighted by molar-refractivity contribution is 5.75. The number of esters is 1. The zero-order chi connectivity index (χ0) is 8.43. The van der Waals surface area contributed by atoms with E-state index in [1.807, 2.05) is 0 Å². The molecule has 0 radical (unpaired) electrons. The van der Waals surface area contributed by atoms with Gasteiger partial charge in [-0.2, -0.15) is 0 Å². The molecule has 0 saturated carbocycles. The molecule has 0 aromatic carbocycles. The highest BCUT2D eigenvalue weighted by Crippen LogP contribution is 2.26. The van der Waals surface area contributed by atoms with Crippen molar-refractivity contribution in [2.24, 2.45) is 11.8 Å². The lowest BCUT2D eigenvalue weighted by Gasteiger charge is -2.14. The number of hydrogen-bond donors (Lipinski definition) is 0. The van der Waals surface area contributed by atoms with Crippen LogP contribution in [-0.2, 0) is 9.53 Å². The van der Waals surface area contributed by atoms with Crippen molar-refractivity contribution in [3.8, 4) is 0 Å². The van der Waals surface area contributed by atoms with E-state index in [0.29, 0.717) is 18.3 Å². The van der Waals surface area contributed by atoms with Crippen LogP contribution in [0.3, 0.4) is 0 Å². The van der Waals surface area contributed by atoms with Gasteiger partial charge < -0.3 is 4.74 Å². The molecule has 0 spiro atoms. The summed E-state index contributed by atoms with van der Waals surface area (Å²) in [6.07, 6.45) is 2.09. The molecule has 1 heterocycles. The molecule has 0 fully saturated rings. The van der Waals surface area contributed by atoms with Gasteiger partial charge in [0.15, 0.2) is 0 Å².